The van der Waals surface area contributed by atoms with E-state index >= 15 is 0 Å². The van der Waals surface area contributed by atoms with Crippen molar-refractivity contribution >= 4 is 45.0 Å². The Labute approximate surface area is 177 Å². The standard InChI is InChI=1S/C21H22BrN3O4/c1-13(26)23-17-12-16(9-10-19(17)29-2)24-20(27)18-4-3-11-25(18)21(28)14-5-7-15(22)8-6-14/h5-10,12,18H,3-4,11H2,1-2H3,(H,23,26)(H,24,27). The van der Waals surface area contributed by atoms with E-state index in [-0.39, 0.29) is 17.7 Å². The molecule has 8 heteroatoms. The Kier molecular flexibility index (Phi) is 6.53. The quantitative estimate of drug-likeness (QED) is 0.713. The minimum absolute atomic E-state index is 0.163. The SMILES string of the molecule is COc1ccc(NC(=O)C2CCCN2C(=O)c2ccc(Br)cc2)cc1NC(C)=O. The Morgan fingerprint density at radius 3 is 2.48 bits per heavy atom. The van der Waals surface area contributed by atoms with Gasteiger partial charge in [0.15, 0.2) is 0 Å². The van der Waals surface area contributed by atoms with Crippen LogP contribution in [0.5, 0.6) is 5.75 Å². The number of anilines is 2. The third kappa shape index (κ3) is 4.95. The molecule has 2 aromatic carbocycles. The van der Waals surface area contributed by atoms with Crippen LogP contribution in [-0.4, -0.2) is 42.3 Å². The summed E-state index contributed by atoms with van der Waals surface area (Å²) in [6.07, 6.45) is 1.36. The van der Waals surface area contributed by atoms with Crippen molar-refractivity contribution in [1.82, 2.24) is 4.90 Å². The lowest BCUT2D eigenvalue weighted by molar-refractivity contribution is -0.119. The number of benzene rings is 2. The Hall–Kier alpha value is -2.87. The smallest absolute Gasteiger partial charge is 0.254 e. The van der Waals surface area contributed by atoms with Crippen molar-refractivity contribution in [2.24, 2.45) is 0 Å². The summed E-state index contributed by atoms with van der Waals surface area (Å²) in [5.41, 5.74) is 1.53. The second-order valence-corrected chi connectivity index (χ2v) is 7.66. The van der Waals surface area contributed by atoms with E-state index in [9.17, 15) is 14.4 Å². The van der Waals surface area contributed by atoms with Gasteiger partial charge in [0.05, 0.1) is 12.8 Å². The van der Waals surface area contributed by atoms with Crippen molar-refractivity contribution in [1.29, 1.82) is 0 Å². The van der Waals surface area contributed by atoms with Gasteiger partial charge in [-0.25, -0.2) is 0 Å². The number of nitrogens with zero attached hydrogens (tertiary/aromatic N) is 1. The van der Waals surface area contributed by atoms with E-state index in [0.29, 0.717) is 35.7 Å². The number of amides is 3. The number of ether oxygens (including phenoxy) is 1. The molecule has 2 aromatic rings. The minimum Gasteiger partial charge on any atom is -0.495 e. The van der Waals surface area contributed by atoms with E-state index in [1.54, 1.807) is 47.4 Å². The molecule has 0 radical (unpaired) electrons. The van der Waals surface area contributed by atoms with Crippen LogP contribution < -0.4 is 15.4 Å². The first-order chi connectivity index (χ1) is 13.9. The third-order valence-corrected chi connectivity index (χ3v) is 5.21. The summed E-state index contributed by atoms with van der Waals surface area (Å²) in [6.45, 7) is 1.93. The van der Waals surface area contributed by atoms with E-state index < -0.39 is 6.04 Å². The van der Waals surface area contributed by atoms with E-state index in [2.05, 4.69) is 26.6 Å². The molecule has 1 aliphatic rings. The lowest BCUT2D eigenvalue weighted by atomic mass is 10.1. The van der Waals surface area contributed by atoms with E-state index in [4.69, 9.17) is 4.74 Å². The molecule has 29 heavy (non-hydrogen) atoms. The van der Waals surface area contributed by atoms with Gasteiger partial charge < -0.3 is 20.3 Å². The van der Waals surface area contributed by atoms with Gasteiger partial charge in [0.1, 0.15) is 11.8 Å². The highest BCUT2D eigenvalue weighted by molar-refractivity contribution is 9.10. The van der Waals surface area contributed by atoms with Crippen LogP contribution in [0.2, 0.25) is 0 Å². The summed E-state index contributed by atoms with van der Waals surface area (Å²) in [6, 6.07) is 11.5. The van der Waals surface area contributed by atoms with Gasteiger partial charge in [-0.3, -0.25) is 14.4 Å². The number of nitrogens with one attached hydrogen (secondary N) is 2. The number of likely N-dealkylation sites (tertiary alicyclic amines) is 1. The predicted octanol–water partition coefficient (Wildman–Crippen LogP) is 3.66. The maximum absolute atomic E-state index is 12.9. The topological polar surface area (TPSA) is 87.7 Å². The highest BCUT2D eigenvalue weighted by atomic mass is 79.9. The number of methoxy groups -OCH3 is 1. The molecular weight excluding hydrogens is 438 g/mol. The van der Waals surface area contributed by atoms with Crippen LogP contribution in [0.1, 0.15) is 30.1 Å². The fraction of sp³-hybridized carbons (Fsp3) is 0.286. The van der Waals surface area contributed by atoms with Crippen LogP contribution in [-0.2, 0) is 9.59 Å². The number of hydrogen-bond donors (Lipinski definition) is 2. The van der Waals surface area contributed by atoms with Gasteiger partial charge in [0.2, 0.25) is 11.8 Å². The average molecular weight is 460 g/mol. The molecule has 1 unspecified atom stereocenters. The fourth-order valence-corrected chi connectivity index (χ4v) is 3.60. The van der Waals surface area contributed by atoms with Crippen molar-refractivity contribution in [2.75, 3.05) is 24.3 Å². The molecule has 1 saturated heterocycles. The largest absolute Gasteiger partial charge is 0.495 e. The lowest BCUT2D eigenvalue weighted by Crippen LogP contribution is -2.43. The van der Waals surface area contributed by atoms with Crippen molar-refractivity contribution in [3.8, 4) is 5.75 Å². The molecule has 1 aliphatic heterocycles. The number of carbonyl (C=O) groups is 3. The molecule has 152 valence electrons. The number of rotatable bonds is 5. The monoisotopic (exact) mass is 459 g/mol. The molecule has 0 bridgehead atoms. The van der Waals surface area contributed by atoms with Crippen LogP contribution in [0.3, 0.4) is 0 Å². The van der Waals surface area contributed by atoms with Gasteiger partial charge in [0, 0.05) is 29.2 Å². The molecule has 0 spiro atoms. The van der Waals surface area contributed by atoms with Crippen molar-refractivity contribution < 1.29 is 19.1 Å². The van der Waals surface area contributed by atoms with Gasteiger partial charge in [0.25, 0.3) is 5.91 Å². The van der Waals surface area contributed by atoms with Crippen molar-refractivity contribution in [3.63, 3.8) is 0 Å². The molecule has 1 fully saturated rings. The minimum atomic E-state index is -0.544. The molecule has 3 amide bonds. The molecule has 7 nitrogen and oxygen atoms in total. The summed E-state index contributed by atoms with van der Waals surface area (Å²) in [7, 11) is 1.50. The zero-order valence-corrected chi connectivity index (χ0v) is 17.8. The first-order valence-corrected chi connectivity index (χ1v) is 10.0. The third-order valence-electron chi connectivity index (χ3n) is 4.69. The number of halogens is 1. The van der Waals surface area contributed by atoms with Crippen LogP contribution in [0.4, 0.5) is 11.4 Å². The second-order valence-electron chi connectivity index (χ2n) is 6.75. The van der Waals surface area contributed by atoms with Gasteiger partial charge >= 0.3 is 0 Å². The molecule has 1 heterocycles. The molecule has 0 saturated carbocycles. The van der Waals surface area contributed by atoms with Crippen LogP contribution in [0.15, 0.2) is 46.9 Å². The van der Waals surface area contributed by atoms with Crippen molar-refractivity contribution in [2.45, 2.75) is 25.8 Å². The van der Waals surface area contributed by atoms with Gasteiger partial charge in [-0.15, -0.1) is 0 Å². The summed E-state index contributed by atoms with van der Waals surface area (Å²) < 4.78 is 6.12. The normalized spacial score (nSPS) is 15.7. The number of carbonyl (C=O) groups excluding carboxylic acids is 3. The summed E-state index contributed by atoms with van der Waals surface area (Å²) in [5.74, 6) is -0.171. The Morgan fingerprint density at radius 2 is 1.83 bits per heavy atom. The zero-order valence-electron chi connectivity index (χ0n) is 16.2. The van der Waals surface area contributed by atoms with Gasteiger partial charge in [-0.05, 0) is 55.3 Å². The molecule has 0 aromatic heterocycles. The Bertz CT molecular complexity index is 930. The zero-order chi connectivity index (χ0) is 21.0. The maximum Gasteiger partial charge on any atom is 0.254 e. The van der Waals surface area contributed by atoms with Crippen molar-refractivity contribution in [3.05, 3.63) is 52.5 Å². The molecule has 3 rings (SSSR count). The average Bonchev–Trinajstić information content (AvgIpc) is 3.18. The summed E-state index contributed by atoms with van der Waals surface area (Å²) >= 11 is 3.36. The second kappa shape index (κ2) is 9.09. The molecule has 2 N–H and O–H groups in total. The van der Waals surface area contributed by atoms with Gasteiger partial charge in [-0.1, -0.05) is 15.9 Å². The first-order valence-electron chi connectivity index (χ1n) is 9.22. The molecule has 0 aliphatic carbocycles. The summed E-state index contributed by atoms with van der Waals surface area (Å²) in [4.78, 5) is 38.7. The number of hydrogen-bond acceptors (Lipinski definition) is 4. The van der Waals surface area contributed by atoms with Crippen LogP contribution in [0.25, 0.3) is 0 Å². The predicted molar refractivity (Wildman–Crippen MR) is 114 cm³/mol. The molecule has 1 atom stereocenters. The fourth-order valence-electron chi connectivity index (χ4n) is 3.34. The van der Waals surface area contributed by atoms with Crippen LogP contribution >= 0.6 is 15.9 Å². The highest BCUT2D eigenvalue weighted by Crippen LogP contribution is 2.29. The Balaban J connectivity index is 1.75. The molecular formula is C21H22BrN3O4. The Morgan fingerprint density at radius 1 is 1.10 bits per heavy atom. The van der Waals surface area contributed by atoms with E-state index in [1.165, 1.54) is 14.0 Å². The highest BCUT2D eigenvalue weighted by Gasteiger charge is 2.34. The van der Waals surface area contributed by atoms with E-state index in [0.717, 1.165) is 10.9 Å². The van der Waals surface area contributed by atoms with E-state index in [1.807, 2.05) is 0 Å². The van der Waals surface area contributed by atoms with Gasteiger partial charge in [-0.2, -0.15) is 0 Å². The maximum atomic E-state index is 12.9. The lowest BCUT2D eigenvalue weighted by Gasteiger charge is -2.24. The first kappa shape index (κ1) is 20.9. The summed E-state index contributed by atoms with van der Waals surface area (Å²) in [5, 5.41) is 5.52. The van der Waals surface area contributed by atoms with Crippen LogP contribution in [0, 0.1) is 0 Å².